The van der Waals surface area contributed by atoms with Crippen molar-refractivity contribution in [3.8, 4) is 11.3 Å². The molecule has 4 nitrogen and oxygen atoms in total. The van der Waals surface area contributed by atoms with Crippen molar-refractivity contribution >= 4 is 5.52 Å². The highest BCUT2D eigenvalue weighted by atomic mass is 16.3. The van der Waals surface area contributed by atoms with Gasteiger partial charge in [0.1, 0.15) is 0 Å². The van der Waals surface area contributed by atoms with Gasteiger partial charge in [-0.25, -0.2) is 4.52 Å². The average Bonchev–Trinajstić information content (AvgIpc) is 2.76. The van der Waals surface area contributed by atoms with Gasteiger partial charge in [0.25, 0.3) is 0 Å². The Labute approximate surface area is 117 Å². The van der Waals surface area contributed by atoms with E-state index in [0.717, 1.165) is 27.9 Å². The summed E-state index contributed by atoms with van der Waals surface area (Å²) in [7, 11) is 0. The van der Waals surface area contributed by atoms with E-state index in [2.05, 4.69) is 17.0 Å². The zero-order valence-electron chi connectivity index (χ0n) is 11.8. The van der Waals surface area contributed by atoms with Crippen molar-refractivity contribution in [2.45, 2.75) is 26.4 Å². The third-order valence-corrected chi connectivity index (χ3v) is 3.50. The van der Waals surface area contributed by atoms with E-state index in [1.165, 1.54) is 0 Å². The maximum Gasteiger partial charge on any atom is 0.0978 e. The van der Waals surface area contributed by atoms with Crippen LogP contribution in [0.3, 0.4) is 0 Å². The maximum atomic E-state index is 10.1. The number of aryl methyl sites for hydroxylation is 1. The molecule has 3 rings (SSSR count). The Balaban J connectivity index is 2.18. The van der Waals surface area contributed by atoms with Gasteiger partial charge in [0.05, 0.1) is 16.8 Å². The van der Waals surface area contributed by atoms with Crippen LogP contribution < -0.4 is 0 Å². The number of rotatable bonds is 2. The first-order chi connectivity index (χ1) is 9.47. The molecule has 0 aliphatic heterocycles. The second-order valence-corrected chi connectivity index (χ2v) is 5.53. The van der Waals surface area contributed by atoms with Crippen LogP contribution in [-0.4, -0.2) is 19.7 Å². The zero-order chi connectivity index (χ0) is 14.3. The van der Waals surface area contributed by atoms with Crippen molar-refractivity contribution in [3.05, 3.63) is 54.0 Å². The molecule has 0 aliphatic carbocycles. The summed E-state index contributed by atoms with van der Waals surface area (Å²) in [5, 5.41) is 14.7. The van der Waals surface area contributed by atoms with E-state index in [4.69, 9.17) is 0 Å². The standard InChI is InChI=1S/C16H17N3O/c1-11-14-6-4-5-7-19(14)18-15(11)12-8-13(10-17-9-12)16(2,3)20/h4-10,20H,1-3H3. The molecule has 3 aromatic rings. The third kappa shape index (κ3) is 2.08. The van der Waals surface area contributed by atoms with Crippen molar-refractivity contribution in [1.82, 2.24) is 14.6 Å². The summed E-state index contributed by atoms with van der Waals surface area (Å²) in [6, 6.07) is 7.94. The van der Waals surface area contributed by atoms with Crippen LogP contribution in [-0.2, 0) is 5.60 Å². The molecule has 0 saturated carbocycles. The van der Waals surface area contributed by atoms with Gasteiger partial charge in [0, 0.05) is 35.3 Å². The fourth-order valence-corrected chi connectivity index (χ4v) is 2.30. The second-order valence-electron chi connectivity index (χ2n) is 5.53. The quantitative estimate of drug-likeness (QED) is 0.776. The summed E-state index contributed by atoms with van der Waals surface area (Å²) in [6.45, 7) is 5.56. The predicted octanol–water partition coefficient (Wildman–Crippen LogP) is 2.93. The van der Waals surface area contributed by atoms with E-state index in [-0.39, 0.29) is 0 Å². The zero-order valence-corrected chi connectivity index (χ0v) is 11.8. The van der Waals surface area contributed by atoms with Crippen LogP contribution in [0.2, 0.25) is 0 Å². The van der Waals surface area contributed by atoms with Gasteiger partial charge in [-0.3, -0.25) is 4.98 Å². The molecule has 4 heteroatoms. The molecule has 0 radical (unpaired) electrons. The topological polar surface area (TPSA) is 50.4 Å². The molecule has 0 spiro atoms. The lowest BCUT2D eigenvalue weighted by Gasteiger charge is -2.17. The van der Waals surface area contributed by atoms with Crippen molar-refractivity contribution in [1.29, 1.82) is 0 Å². The maximum absolute atomic E-state index is 10.1. The summed E-state index contributed by atoms with van der Waals surface area (Å²) in [6.07, 6.45) is 5.40. The number of hydrogen-bond acceptors (Lipinski definition) is 3. The molecular weight excluding hydrogens is 250 g/mol. The molecule has 0 saturated heterocycles. The number of pyridine rings is 2. The van der Waals surface area contributed by atoms with Gasteiger partial charge in [0.15, 0.2) is 0 Å². The summed E-state index contributed by atoms with van der Waals surface area (Å²) < 4.78 is 1.86. The van der Waals surface area contributed by atoms with Gasteiger partial charge in [0.2, 0.25) is 0 Å². The van der Waals surface area contributed by atoms with Crippen molar-refractivity contribution in [2.24, 2.45) is 0 Å². The minimum atomic E-state index is -0.907. The Bertz CT molecular complexity index is 769. The van der Waals surface area contributed by atoms with Gasteiger partial charge in [-0.1, -0.05) is 6.07 Å². The Hall–Kier alpha value is -2.20. The third-order valence-electron chi connectivity index (χ3n) is 3.50. The molecule has 3 aromatic heterocycles. The van der Waals surface area contributed by atoms with Crippen LogP contribution in [0.4, 0.5) is 0 Å². The molecule has 0 amide bonds. The smallest absolute Gasteiger partial charge is 0.0978 e. The Morgan fingerprint density at radius 2 is 2.00 bits per heavy atom. The number of aliphatic hydroxyl groups is 1. The van der Waals surface area contributed by atoms with E-state index in [0.29, 0.717) is 0 Å². The summed E-state index contributed by atoms with van der Waals surface area (Å²) in [5.74, 6) is 0. The van der Waals surface area contributed by atoms with E-state index in [1.807, 2.05) is 35.0 Å². The lowest BCUT2D eigenvalue weighted by atomic mass is 9.98. The lowest BCUT2D eigenvalue weighted by Crippen LogP contribution is -2.15. The largest absolute Gasteiger partial charge is 0.386 e. The van der Waals surface area contributed by atoms with Crippen LogP contribution in [0.15, 0.2) is 42.9 Å². The Morgan fingerprint density at radius 3 is 2.70 bits per heavy atom. The SMILES string of the molecule is Cc1c(-c2cncc(C(C)(C)O)c2)nn2ccccc12. The molecule has 0 bridgehead atoms. The van der Waals surface area contributed by atoms with Crippen molar-refractivity contribution in [2.75, 3.05) is 0 Å². The highest BCUT2D eigenvalue weighted by Gasteiger charge is 2.18. The first-order valence-corrected chi connectivity index (χ1v) is 6.59. The van der Waals surface area contributed by atoms with E-state index < -0.39 is 5.60 Å². The van der Waals surface area contributed by atoms with Gasteiger partial charge in [-0.2, -0.15) is 5.10 Å². The van der Waals surface area contributed by atoms with Gasteiger partial charge in [-0.15, -0.1) is 0 Å². The van der Waals surface area contributed by atoms with Crippen LogP contribution in [0.25, 0.3) is 16.8 Å². The van der Waals surface area contributed by atoms with Crippen LogP contribution in [0.1, 0.15) is 25.0 Å². The molecule has 0 fully saturated rings. The highest BCUT2D eigenvalue weighted by Crippen LogP contribution is 2.28. The Kier molecular flexibility index (Phi) is 2.83. The van der Waals surface area contributed by atoms with E-state index >= 15 is 0 Å². The van der Waals surface area contributed by atoms with Crippen LogP contribution >= 0.6 is 0 Å². The molecule has 0 aliphatic rings. The minimum Gasteiger partial charge on any atom is -0.386 e. The normalized spacial score (nSPS) is 12.0. The molecule has 0 unspecified atom stereocenters. The number of fused-ring (bicyclic) bond motifs is 1. The fraction of sp³-hybridized carbons (Fsp3) is 0.250. The van der Waals surface area contributed by atoms with Gasteiger partial charge < -0.3 is 5.11 Å². The summed E-state index contributed by atoms with van der Waals surface area (Å²) in [5.41, 5.74) is 3.89. The Morgan fingerprint density at radius 1 is 1.20 bits per heavy atom. The molecule has 0 atom stereocenters. The summed E-state index contributed by atoms with van der Waals surface area (Å²) in [4.78, 5) is 4.23. The first-order valence-electron chi connectivity index (χ1n) is 6.59. The summed E-state index contributed by atoms with van der Waals surface area (Å²) >= 11 is 0. The highest BCUT2D eigenvalue weighted by molar-refractivity contribution is 5.72. The van der Waals surface area contributed by atoms with Crippen LogP contribution in [0.5, 0.6) is 0 Å². The monoisotopic (exact) mass is 267 g/mol. The second kappa shape index (κ2) is 4.42. The molecule has 1 N–H and O–H groups in total. The van der Waals surface area contributed by atoms with Crippen molar-refractivity contribution < 1.29 is 5.11 Å². The van der Waals surface area contributed by atoms with Crippen LogP contribution in [0, 0.1) is 6.92 Å². The van der Waals surface area contributed by atoms with Crippen molar-refractivity contribution in [3.63, 3.8) is 0 Å². The number of aromatic nitrogens is 3. The average molecular weight is 267 g/mol. The van der Waals surface area contributed by atoms with E-state index in [9.17, 15) is 5.11 Å². The lowest BCUT2D eigenvalue weighted by molar-refractivity contribution is 0.0783. The molecular formula is C16H17N3O. The minimum absolute atomic E-state index is 0.784. The molecule has 20 heavy (non-hydrogen) atoms. The number of nitrogens with zero attached hydrogens (tertiary/aromatic N) is 3. The first kappa shape index (κ1) is 12.8. The van der Waals surface area contributed by atoms with Gasteiger partial charge >= 0.3 is 0 Å². The fourth-order valence-electron chi connectivity index (χ4n) is 2.30. The molecule has 0 aromatic carbocycles. The molecule has 102 valence electrons. The molecule has 3 heterocycles. The van der Waals surface area contributed by atoms with Gasteiger partial charge in [-0.05, 0) is 39.0 Å². The van der Waals surface area contributed by atoms with E-state index in [1.54, 1.807) is 26.2 Å². The predicted molar refractivity (Wildman–Crippen MR) is 78.4 cm³/mol. The number of hydrogen-bond donors (Lipinski definition) is 1.